The number of amides is 2. The molecule has 0 heterocycles. The third-order valence-corrected chi connectivity index (χ3v) is 7.91. The molecular weight excluding hydrogens is 496 g/mol. The van der Waals surface area contributed by atoms with Crippen molar-refractivity contribution < 1.29 is 14.3 Å². The Kier molecular flexibility index (Phi) is 10.0. The standard InChI is InChI=1S/C35H44N2O3/c1-26-13-11-12-16-28(26)24-37(33(38)25-40-31-21-19-29(20-22-31)35(2,3)4)32(23-27-14-7-5-8-15-27)34(39)36-30-17-9-6-10-18-30/h5,7-8,11-16,19-22,30,32H,6,9-10,17-18,23-25H2,1-4H3,(H,36,39)/t32-/m1/s1. The molecule has 5 heteroatoms. The molecule has 3 aromatic carbocycles. The Balaban J connectivity index is 1.59. The minimum absolute atomic E-state index is 0.0368. The highest BCUT2D eigenvalue weighted by Crippen LogP contribution is 2.25. The number of nitrogens with one attached hydrogen (secondary N) is 1. The Morgan fingerprint density at radius 3 is 2.20 bits per heavy atom. The monoisotopic (exact) mass is 540 g/mol. The first-order valence-corrected chi connectivity index (χ1v) is 14.6. The zero-order chi connectivity index (χ0) is 28.5. The minimum atomic E-state index is -0.650. The molecular formula is C35H44N2O3. The van der Waals surface area contributed by atoms with E-state index in [2.05, 4.69) is 26.1 Å². The summed E-state index contributed by atoms with van der Waals surface area (Å²) in [6.45, 7) is 8.75. The lowest BCUT2D eigenvalue weighted by atomic mass is 9.87. The van der Waals surface area contributed by atoms with Crippen LogP contribution in [0.2, 0.25) is 0 Å². The van der Waals surface area contributed by atoms with Gasteiger partial charge in [-0.25, -0.2) is 0 Å². The van der Waals surface area contributed by atoms with Crippen LogP contribution in [0.3, 0.4) is 0 Å². The third-order valence-electron chi connectivity index (χ3n) is 7.91. The Morgan fingerprint density at radius 1 is 0.900 bits per heavy atom. The molecule has 1 aliphatic carbocycles. The van der Waals surface area contributed by atoms with Crippen molar-refractivity contribution in [3.05, 3.63) is 101 Å². The van der Waals surface area contributed by atoms with Crippen molar-refractivity contribution in [2.75, 3.05) is 6.61 Å². The zero-order valence-electron chi connectivity index (χ0n) is 24.5. The maximum Gasteiger partial charge on any atom is 0.261 e. The van der Waals surface area contributed by atoms with Crippen LogP contribution in [0.5, 0.6) is 5.75 Å². The van der Waals surface area contributed by atoms with Gasteiger partial charge in [0.05, 0.1) is 0 Å². The smallest absolute Gasteiger partial charge is 0.261 e. The fourth-order valence-corrected chi connectivity index (χ4v) is 5.35. The van der Waals surface area contributed by atoms with Gasteiger partial charge in [-0.05, 0) is 59.6 Å². The number of aryl methyl sites for hydroxylation is 1. The lowest BCUT2D eigenvalue weighted by Gasteiger charge is -2.33. The second-order valence-electron chi connectivity index (χ2n) is 12.1. The number of hydrogen-bond acceptors (Lipinski definition) is 3. The van der Waals surface area contributed by atoms with Crippen molar-refractivity contribution in [3.8, 4) is 5.75 Å². The number of carbonyl (C=O) groups is 2. The van der Waals surface area contributed by atoms with Gasteiger partial charge in [0.25, 0.3) is 5.91 Å². The summed E-state index contributed by atoms with van der Waals surface area (Å²) in [5, 5.41) is 3.30. The number of benzene rings is 3. The van der Waals surface area contributed by atoms with Gasteiger partial charge >= 0.3 is 0 Å². The summed E-state index contributed by atoms with van der Waals surface area (Å²) < 4.78 is 5.99. The summed E-state index contributed by atoms with van der Waals surface area (Å²) in [5.74, 6) is 0.346. The third kappa shape index (κ3) is 8.20. The molecule has 212 valence electrons. The predicted octanol–water partition coefficient (Wildman–Crippen LogP) is 6.76. The van der Waals surface area contributed by atoms with E-state index in [1.807, 2.05) is 85.8 Å². The van der Waals surface area contributed by atoms with Crippen LogP contribution < -0.4 is 10.1 Å². The molecule has 3 aromatic rings. The molecule has 0 spiro atoms. The summed E-state index contributed by atoms with van der Waals surface area (Å²) in [4.78, 5) is 29.5. The van der Waals surface area contributed by atoms with Gasteiger partial charge in [0, 0.05) is 19.0 Å². The SMILES string of the molecule is Cc1ccccc1CN(C(=O)COc1ccc(C(C)(C)C)cc1)[C@H](Cc1ccccc1)C(=O)NC1CCCCC1. The van der Waals surface area contributed by atoms with Crippen LogP contribution in [0.1, 0.15) is 75.1 Å². The lowest BCUT2D eigenvalue weighted by molar-refractivity contribution is -0.143. The van der Waals surface area contributed by atoms with Crippen LogP contribution >= 0.6 is 0 Å². The second-order valence-corrected chi connectivity index (χ2v) is 12.1. The molecule has 40 heavy (non-hydrogen) atoms. The van der Waals surface area contributed by atoms with Crippen molar-refractivity contribution in [2.45, 2.75) is 90.3 Å². The molecule has 1 N–H and O–H groups in total. The van der Waals surface area contributed by atoms with Crippen molar-refractivity contribution in [1.29, 1.82) is 0 Å². The molecule has 1 atom stereocenters. The summed E-state index contributed by atoms with van der Waals surface area (Å²) in [6, 6.07) is 25.4. The fraction of sp³-hybridized carbons (Fsp3) is 0.429. The van der Waals surface area contributed by atoms with Gasteiger partial charge in [-0.1, -0.05) is 107 Å². The molecule has 0 unspecified atom stereocenters. The van der Waals surface area contributed by atoms with E-state index in [4.69, 9.17) is 4.74 Å². The highest BCUT2D eigenvalue weighted by atomic mass is 16.5. The molecule has 1 aliphatic rings. The van der Waals surface area contributed by atoms with E-state index < -0.39 is 6.04 Å². The number of hydrogen-bond donors (Lipinski definition) is 1. The Hall–Kier alpha value is -3.60. The van der Waals surface area contributed by atoms with Crippen molar-refractivity contribution >= 4 is 11.8 Å². The largest absolute Gasteiger partial charge is 0.484 e. The number of rotatable bonds is 10. The molecule has 1 fully saturated rings. The van der Waals surface area contributed by atoms with Crippen LogP contribution in [0.15, 0.2) is 78.9 Å². The normalized spacial score (nSPS) is 14.8. The van der Waals surface area contributed by atoms with Gasteiger partial charge in [-0.15, -0.1) is 0 Å². The van der Waals surface area contributed by atoms with Crippen molar-refractivity contribution in [2.24, 2.45) is 0 Å². The van der Waals surface area contributed by atoms with Crippen LogP contribution in [0.4, 0.5) is 0 Å². The average Bonchev–Trinajstić information content (AvgIpc) is 2.95. The van der Waals surface area contributed by atoms with Crippen molar-refractivity contribution in [1.82, 2.24) is 10.2 Å². The van der Waals surface area contributed by atoms with Gasteiger partial charge in [0.1, 0.15) is 11.8 Å². The first-order valence-electron chi connectivity index (χ1n) is 14.6. The molecule has 5 nitrogen and oxygen atoms in total. The molecule has 4 rings (SSSR count). The summed E-state index contributed by atoms with van der Waals surface area (Å²) in [7, 11) is 0. The predicted molar refractivity (Wildman–Crippen MR) is 161 cm³/mol. The fourth-order valence-electron chi connectivity index (χ4n) is 5.35. The molecule has 0 aliphatic heterocycles. The van der Waals surface area contributed by atoms with E-state index >= 15 is 0 Å². The maximum absolute atomic E-state index is 13.9. The Labute approximate surface area is 239 Å². The van der Waals surface area contributed by atoms with E-state index in [1.54, 1.807) is 4.90 Å². The van der Waals surface area contributed by atoms with E-state index in [-0.39, 0.29) is 29.9 Å². The first-order chi connectivity index (χ1) is 19.2. The van der Waals surface area contributed by atoms with Crippen LogP contribution in [-0.2, 0) is 28.0 Å². The van der Waals surface area contributed by atoms with Crippen LogP contribution in [-0.4, -0.2) is 35.4 Å². The van der Waals surface area contributed by atoms with E-state index in [1.165, 1.54) is 12.0 Å². The average molecular weight is 541 g/mol. The topological polar surface area (TPSA) is 58.6 Å². The molecule has 0 bridgehead atoms. The summed E-state index contributed by atoms with van der Waals surface area (Å²) >= 11 is 0. The maximum atomic E-state index is 13.9. The van der Waals surface area contributed by atoms with E-state index in [0.29, 0.717) is 18.7 Å². The molecule has 0 aromatic heterocycles. The second kappa shape index (κ2) is 13.6. The Morgan fingerprint density at radius 2 is 1.55 bits per heavy atom. The van der Waals surface area contributed by atoms with Gasteiger partial charge in [0.2, 0.25) is 5.91 Å². The van der Waals surface area contributed by atoms with E-state index in [9.17, 15) is 9.59 Å². The lowest BCUT2D eigenvalue weighted by Crippen LogP contribution is -2.53. The van der Waals surface area contributed by atoms with Gasteiger partial charge < -0.3 is 15.0 Å². The van der Waals surface area contributed by atoms with Crippen molar-refractivity contribution in [3.63, 3.8) is 0 Å². The van der Waals surface area contributed by atoms with Crippen LogP contribution in [0, 0.1) is 6.92 Å². The molecule has 0 radical (unpaired) electrons. The minimum Gasteiger partial charge on any atom is -0.484 e. The summed E-state index contributed by atoms with van der Waals surface area (Å²) in [5.41, 5.74) is 4.37. The van der Waals surface area contributed by atoms with Gasteiger partial charge in [-0.2, -0.15) is 0 Å². The Bertz CT molecular complexity index is 1240. The molecule has 2 amide bonds. The van der Waals surface area contributed by atoms with Crippen LogP contribution in [0.25, 0.3) is 0 Å². The van der Waals surface area contributed by atoms with Gasteiger partial charge in [0.15, 0.2) is 6.61 Å². The number of nitrogens with zero attached hydrogens (tertiary/aromatic N) is 1. The highest BCUT2D eigenvalue weighted by molar-refractivity contribution is 5.88. The highest BCUT2D eigenvalue weighted by Gasteiger charge is 2.32. The number of carbonyl (C=O) groups excluding carboxylic acids is 2. The summed E-state index contributed by atoms with van der Waals surface area (Å²) in [6.07, 6.45) is 5.89. The molecule has 0 saturated heterocycles. The number of ether oxygens (including phenoxy) is 1. The molecule has 1 saturated carbocycles. The van der Waals surface area contributed by atoms with E-state index in [0.717, 1.165) is 42.4 Å². The quantitative estimate of drug-likeness (QED) is 0.309. The zero-order valence-corrected chi connectivity index (χ0v) is 24.5. The van der Waals surface area contributed by atoms with Gasteiger partial charge in [-0.3, -0.25) is 9.59 Å². The first kappa shape index (κ1) is 29.4.